The molecule has 8 nitrogen and oxygen atoms in total. The second-order valence-corrected chi connectivity index (χ2v) is 7.99. The van der Waals surface area contributed by atoms with Gasteiger partial charge in [-0.1, -0.05) is 6.07 Å². The highest BCUT2D eigenvalue weighted by molar-refractivity contribution is 6.02. The fraction of sp³-hybridized carbons (Fsp3) is 0.304. The molecule has 0 aliphatic carbocycles. The average Bonchev–Trinajstić information content (AvgIpc) is 3.23. The Balaban J connectivity index is 1.48. The standard InChI is InChI=1S/C23H24N6O2/c1-29-7-5-16(6-8-29)28-22(30)15-10-17-19(12-25-21(17)24-11-15)14-3-4-20-18(9-14)23(31-2)27-13-26-20/h3-4,9-13,16H,5-8H2,1-2H3,(H,24,25)(H,28,30). The highest BCUT2D eigenvalue weighted by atomic mass is 16.5. The minimum atomic E-state index is -0.0790. The van der Waals surface area contributed by atoms with Crippen molar-refractivity contribution in [2.24, 2.45) is 0 Å². The van der Waals surface area contributed by atoms with Crippen LogP contribution >= 0.6 is 0 Å². The topological polar surface area (TPSA) is 96.0 Å². The molecular formula is C23H24N6O2. The van der Waals surface area contributed by atoms with Crippen LogP contribution in [0.4, 0.5) is 0 Å². The minimum Gasteiger partial charge on any atom is -0.480 e. The number of carbonyl (C=O) groups excluding carboxylic acids is 1. The van der Waals surface area contributed by atoms with Gasteiger partial charge in [-0.3, -0.25) is 4.79 Å². The maximum Gasteiger partial charge on any atom is 0.253 e. The van der Waals surface area contributed by atoms with Gasteiger partial charge in [0.2, 0.25) is 5.88 Å². The zero-order chi connectivity index (χ0) is 21.4. The van der Waals surface area contributed by atoms with Crippen LogP contribution in [0.5, 0.6) is 5.88 Å². The van der Waals surface area contributed by atoms with Crippen LogP contribution in [-0.4, -0.2) is 64.0 Å². The van der Waals surface area contributed by atoms with Crippen LogP contribution in [0.1, 0.15) is 23.2 Å². The van der Waals surface area contributed by atoms with Crippen molar-refractivity contribution < 1.29 is 9.53 Å². The minimum absolute atomic E-state index is 0.0790. The molecule has 3 aromatic heterocycles. The summed E-state index contributed by atoms with van der Waals surface area (Å²) in [4.78, 5) is 31.3. The van der Waals surface area contributed by atoms with Gasteiger partial charge in [0.1, 0.15) is 12.0 Å². The number of pyridine rings is 1. The Morgan fingerprint density at radius 3 is 2.81 bits per heavy atom. The van der Waals surface area contributed by atoms with Crippen molar-refractivity contribution in [3.05, 3.63) is 48.5 Å². The smallest absolute Gasteiger partial charge is 0.253 e. The van der Waals surface area contributed by atoms with Gasteiger partial charge < -0.3 is 19.9 Å². The van der Waals surface area contributed by atoms with Crippen LogP contribution in [0.15, 0.2) is 43.0 Å². The number of ether oxygens (including phenoxy) is 1. The van der Waals surface area contributed by atoms with Gasteiger partial charge >= 0.3 is 0 Å². The quantitative estimate of drug-likeness (QED) is 0.531. The van der Waals surface area contributed by atoms with Gasteiger partial charge in [-0.25, -0.2) is 15.0 Å². The third kappa shape index (κ3) is 3.70. The molecule has 0 spiro atoms. The average molecular weight is 416 g/mol. The number of nitrogens with zero attached hydrogens (tertiary/aromatic N) is 4. The predicted octanol–water partition coefficient (Wildman–Crippen LogP) is 3.01. The van der Waals surface area contributed by atoms with Crippen molar-refractivity contribution in [2.45, 2.75) is 18.9 Å². The number of rotatable bonds is 4. The van der Waals surface area contributed by atoms with E-state index in [0.717, 1.165) is 59.0 Å². The second kappa shape index (κ2) is 7.96. The Kier molecular flexibility index (Phi) is 4.99. The van der Waals surface area contributed by atoms with E-state index >= 15 is 0 Å². The lowest BCUT2D eigenvalue weighted by molar-refractivity contribution is 0.0916. The van der Waals surface area contributed by atoms with Crippen LogP contribution in [0.2, 0.25) is 0 Å². The lowest BCUT2D eigenvalue weighted by atomic mass is 10.0. The van der Waals surface area contributed by atoms with Crippen molar-refractivity contribution in [3.63, 3.8) is 0 Å². The summed E-state index contributed by atoms with van der Waals surface area (Å²) in [7, 11) is 3.71. The maximum absolute atomic E-state index is 12.9. The molecule has 4 heterocycles. The summed E-state index contributed by atoms with van der Waals surface area (Å²) >= 11 is 0. The van der Waals surface area contributed by atoms with Crippen LogP contribution in [0.3, 0.4) is 0 Å². The number of methoxy groups -OCH3 is 1. The highest BCUT2D eigenvalue weighted by Crippen LogP contribution is 2.32. The Bertz CT molecular complexity index is 1260. The summed E-state index contributed by atoms with van der Waals surface area (Å²) in [6.45, 7) is 2.00. The van der Waals surface area contributed by atoms with Crippen molar-refractivity contribution in [1.29, 1.82) is 0 Å². The molecule has 1 amide bonds. The first kappa shape index (κ1) is 19.4. The lowest BCUT2D eigenvalue weighted by Crippen LogP contribution is -2.43. The van der Waals surface area contributed by atoms with Gasteiger partial charge in [-0.2, -0.15) is 0 Å². The SMILES string of the molecule is COc1ncnc2ccc(-c3c[nH]c4ncc(C(=O)NC5CCN(C)CC5)cc34)cc12. The first-order valence-electron chi connectivity index (χ1n) is 10.4. The number of hydrogen-bond donors (Lipinski definition) is 2. The van der Waals surface area contributed by atoms with Gasteiger partial charge in [0.15, 0.2) is 0 Å². The molecular weight excluding hydrogens is 392 g/mol. The monoisotopic (exact) mass is 416 g/mol. The van der Waals surface area contributed by atoms with E-state index in [0.29, 0.717) is 11.4 Å². The van der Waals surface area contributed by atoms with Crippen LogP contribution in [-0.2, 0) is 0 Å². The van der Waals surface area contributed by atoms with E-state index in [2.05, 4.69) is 37.2 Å². The summed E-state index contributed by atoms with van der Waals surface area (Å²) < 4.78 is 5.39. The molecule has 5 rings (SSSR count). The normalized spacial score (nSPS) is 15.4. The van der Waals surface area contributed by atoms with Crippen LogP contribution in [0, 0.1) is 0 Å². The van der Waals surface area contributed by atoms with Crippen LogP contribution < -0.4 is 10.1 Å². The number of amides is 1. The van der Waals surface area contributed by atoms with Crippen molar-refractivity contribution in [3.8, 4) is 17.0 Å². The van der Waals surface area contributed by atoms with Gasteiger partial charge in [-0.05, 0) is 56.7 Å². The number of aromatic nitrogens is 4. The lowest BCUT2D eigenvalue weighted by Gasteiger charge is -2.29. The number of benzene rings is 1. The number of aromatic amines is 1. The predicted molar refractivity (Wildman–Crippen MR) is 119 cm³/mol. The van der Waals surface area contributed by atoms with E-state index in [9.17, 15) is 4.79 Å². The molecule has 0 saturated carbocycles. The van der Waals surface area contributed by atoms with E-state index in [-0.39, 0.29) is 11.9 Å². The van der Waals surface area contributed by atoms with Gasteiger partial charge in [0.25, 0.3) is 5.91 Å². The molecule has 8 heteroatoms. The molecule has 158 valence electrons. The number of carbonyl (C=O) groups is 1. The van der Waals surface area contributed by atoms with Crippen molar-refractivity contribution in [1.82, 2.24) is 30.2 Å². The summed E-state index contributed by atoms with van der Waals surface area (Å²) in [6, 6.07) is 8.06. The molecule has 0 bridgehead atoms. The van der Waals surface area contributed by atoms with E-state index in [1.54, 1.807) is 13.3 Å². The Morgan fingerprint density at radius 1 is 1.16 bits per heavy atom. The third-order valence-corrected chi connectivity index (χ3v) is 5.95. The number of piperidine rings is 1. The van der Waals surface area contributed by atoms with Crippen LogP contribution in [0.25, 0.3) is 33.1 Å². The third-order valence-electron chi connectivity index (χ3n) is 5.95. The van der Waals surface area contributed by atoms with Crippen molar-refractivity contribution >= 4 is 27.8 Å². The Morgan fingerprint density at radius 2 is 2.00 bits per heavy atom. The zero-order valence-corrected chi connectivity index (χ0v) is 17.6. The largest absolute Gasteiger partial charge is 0.480 e. The second-order valence-electron chi connectivity index (χ2n) is 7.99. The van der Waals surface area contributed by atoms with E-state index in [4.69, 9.17) is 4.74 Å². The number of H-pyrrole nitrogens is 1. The van der Waals surface area contributed by atoms with E-state index in [1.165, 1.54) is 6.33 Å². The van der Waals surface area contributed by atoms with E-state index < -0.39 is 0 Å². The molecule has 1 saturated heterocycles. The molecule has 0 atom stereocenters. The molecule has 1 aromatic carbocycles. The maximum atomic E-state index is 12.9. The van der Waals surface area contributed by atoms with Crippen molar-refractivity contribution in [2.75, 3.05) is 27.2 Å². The van der Waals surface area contributed by atoms with Gasteiger partial charge in [-0.15, -0.1) is 0 Å². The Labute approximate surface area is 179 Å². The number of likely N-dealkylation sites (tertiary alicyclic amines) is 1. The number of nitrogens with one attached hydrogen (secondary N) is 2. The summed E-state index contributed by atoms with van der Waals surface area (Å²) in [5.74, 6) is 0.452. The molecule has 1 aliphatic rings. The first-order chi connectivity index (χ1) is 15.1. The summed E-state index contributed by atoms with van der Waals surface area (Å²) in [5, 5.41) is 4.89. The number of fused-ring (bicyclic) bond motifs is 2. The van der Waals surface area contributed by atoms with Gasteiger partial charge in [0.05, 0.1) is 23.6 Å². The first-order valence-corrected chi connectivity index (χ1v) is 10.4. The molecule has 2 N–H and O–H groups in total. The zero-order valence-electron chi connectivity index (χ0n) is 17.6. The fourth-order valence-electron chi connectivity index (χ4n) is 4.15. The van der Waals surface area contributed by atoms with Gasteiger partial charge in [0, 0.05) is 29.4 Å². The molecule has 0 unspecified atom stereocenters. The molecule has 4 aromatic rings. The molecule has 1 fully saturated rings. The number of hydrogen-bond acceptors (Lipinski definition) is 6. The fourth-order valence-corrected chi connectivity index (χ4v) is 4.15. The molecule has 1 aliphatic heterocycles. The summed E-state index contributed by atoms with van der Waals surface area (Å²) in [6.07, 6.45) is 6.96. The molecule has 31 heavy (non-hydrogen) atoms. The summed E-state index contributed by atoms with van der Waals surface area (Å²) in [5.41, 5.74) is 4.05. The highest BCUT2D eigenvalue weighted by Gasteiger charge is 2.20. The molecule has 0 radical (unpaired) electrons. The van der Waals surface area contributed by atoms with E-state index in [1.807, 2.05) is 30.5 Å². The Hall–Kier alpha value is -3.52.